The van der Waals surface area contributed by atoms with Crippen LogP contribution in [0.1, 0.15) is 24.8 Å². The number of ether oxygens (including phenoxy) is 1. The lowest BCUT2D eigenvalue weighted by atomic mass is 10.0. The van der Waals surface area contributed by atoms with E-state index in [2.05, 4.69) is 10.2 Å². The van der Waals surface area contributed by atoms with Gasteiger partial charge < -0.3 is 15.0 Å². The second-order valence-corrected chi connectivity index (χ2v) is 7.17. The third-order valence-electron chi connectivity index (χ3n) is 4.95. The summed E-state index contributed by atoms with van der Waals surface area (Å²) in [5, 5.41) is 3.08. The van der Waals surface area contributed by atoms with E-state index < -0.39 is 0 Å². The number of hydrogen-bond donors (Lipinski definition) is 1. The van der Waals surface area contributed by atoms with E-state index >= 15 is 0 Å². The SMILES string of the molecule is Cc1cc(NC(=O)N2CCCC[C@@H]2CN2CCOCC2)c(Cl)cc1F. The number of rotatable bonds is 3. The number of nitrogens with zero attached hydrogens (tertiary/aromatic N) is 2. The van der Waals surface area contributed by atoms with Gasteiger partial charge in [-0.15, -0.1) is 0 Å². The fourth-order valence-electron chi connectivity index (χ4n) is 3.48. The maximum atomic E-state index is 13.6. The van der Waals surface area contributed by atoms with Crippen LogP contribution in [-0.2, 0) is 4.74 Å². The molecule has 0 unspecified atom stereocenters. The number of hydrogen-bond acceptors (Lipinski definition) is 3. The van der Waals surface area contributed by atoms with E-state index in [0.717, 1.165) is 58.7 Å². The van der Waals surface area contributed by atoms with Crippen molar-refractivity contribution in [1.82, 2.24) is 9.80 Å². The maximum absolute atomic E-state index is 13.6. The largest absolute Gasteiger partial charge is 0.379 e. The summed E-state index contributed by atoms with van der Waals surface area (Å²) >= 11 is 6.08. The van der Waals surface area contributed by atoms with Crippen LogP contribution in [0.25, 0.3) is 0 Å². The topological polar surface area (TPSA) is 44.8 Å². The van der Waals surface area contributed by atoms with Crippen LogP contribution in [0, 0.1) is 12.7 Å². The molecule has 5 nitrogen and oxygen atoms in total. The minimum Gasteiger partial charge on any atom is -0.379 e. The van der Waals surface area contributed by atoms with Gasteiger partial charge in [0.25, 0.3) is 0 Å². The van der Waals surface area contributed by atoms with Crippen LogP contribution in [0.4, 0.5) is 14.9 Å². The van der Waals surface area contributed by atoms with Gasteiger partial charge in [-0.1, -0.05) is 11.6 Å². The first kappa shape index (κ1) is 18.4. The van der Waals surface area contributed by atoms with E-state index in [1.165, 1.54) is 6.07 Å². The van der Waals surface area contributed by atoms with Gasteiger partial charge in [-0.05, 0) is 43.9 Å². The average Bonchev–Trinajstić information content (AvgIpc) is 2.61. The quantitative estimate of drug-likeness (QED) is 0.886. The second kappa shape index (κ2) is 8.34. The van der Waals surface area contributed by atoms with Gasteiger partial charge in [-0.2, -0.15) is 0 Å². The van der Waals surface area contributed by atoms with Crippen LogP contribution in [0.5, 0.6) is 0 Å². The van der Waals surface area contributed by atoms with Crippen molar-refractivity contribution in [2.75, 3.05) is 44.7 Å². The van der Waals surface area contributed by atoms with Gasteiger partial charge in [-0.25, -0.2) is 9.18 Å². The Bertz CT molecular complexity index is 623. The number of anilines is 1. The molecule has 2 saturated heterocycles. The van der Waals surface area contributed by atoms with Gasteiger partial charge in [0, 0.05) is 32.2 Å². The summed E-state index contributed by atoms with van der Waals surface area (Å²) in [6, 6.07) is 2.85. The molecule has 138 valence electrons. The zero-order valence-electron chi connectivity index (χ0n) is 14.6. The average molecular weight is 370 g/mol. The predicted molar refractivity (Wildman–Crippen MR) is 96.8 cm³/mol. The number of urea groups is 1. The summed E-state index contributed by atoms with van der Waals surface area (Å²) in [6.45, 7) is 6.59. The van der Waals surface area contributed by atoms with Crippen molar-refractivity contribution in [1.29, 1.82) is 0 Å². The highest BCUT2D eigenvalue weighted by Gasteiger charge is 2.29. The number of benzene rings is 1. The van der Waals surface area contributed by atoms with E-state index in [1.807, 2.05) is 4.90 Å². The van der Waals surface area contributed by atoms with Crippen molar-refractivity contribution >= 4 is 23.3 Å². The molecule has 1 aromatic carbocycles. The number of aryl methyl sites for hydroxylation is 1. The molecule has 7 heteroatoms. The van der Waals surface area contributed by atoms with Crippen LogP contribution in [0.2, 0.25) is 5.02 Å². The summed E-state index contributed by atoms with van der Waals surface area (Å²) in [6.07, 6.45) is 3.14. The lowest BCUT2D eigenvalue weighted by Gasteiger charge is -2.39. The molecule has 1 atom stereocenters. The Balaban J connectivity index is 1.67. The number of nitrogens with one attached hydrogen (secondary N) is 1. The summed E-state index contributed by atoms with van der Waals surface area (Å²) in [5.41, 5.74) is 0.921. The third kappa shape index (κ3) is 4.63. The minimum atomic E-state index is -0.369. The van der Waals surface area contributed by atoms with Crippen molar-refractivity contribution in [2.24, 2.45) is 0 Å². The highest BCUT2D eigenvalue weighted by molar-refractivity contribution is 6.33. The number of morpholine rings is 1. The number of carbonyl (C=O) groups excluding carboxylic acids is 1. The molecule has 0 bridgehead atoms. The van der Waals surface area contributed by atoms with Gasteiger partial charge in [0.2, 0.25) is 0 Å². The predicted octanol–water partition coefficient (Wildman–Crippen LogP) is 3.51. The molecule has 0 aromatic heterocycles. The van der Waals surface area contributed by atoms with Crippen LogP contribution in [0.15, 0.2) is 12.1 Å². The van der Waals surface area contributed by atoms with E-state index in [-0.39, 0.29) is 22.9 Å². The first-order valence-electron chi connectivity index (χ1n) is 8.88. The molecule has 0 aliphatic carbocycles. The maximum Gasteiger partial charge on any atom is 0.322 e. The summed E-state index contributed by atoms with van der Waals surface area (Å²) in [4.78, 5) is 17.0. The number of halogens is 2. The molecule has 0 spiro atoms. The Morgan fingerprint density at radius 3 is 2.84 bits per heavy atom. The van der Waals surface area contributed by atoms with E-state index in [1.54, 1.807) is 13.0 Å². The third-order valence-corrected chi connectivity index (χ3v) is 5.26. The lowest BCUT2D eigenvalue weighted by molar-refractivity contribution is 0.0229. The van der Waals surface area contributed by atoms with Crippen LogP contribution >= 0.6 is 11.6 Å². The number of amides is 2. The molecule has 3 rings (SSSR count). The van der Waals surface area contributed by atoms with Gasteiger partial charge in [-0.3, -0.25) is 4.90 Å². The summed E-state index contributed by atoms with van der Waals surface area (Å²) in [7, 11) is 0. The molecule has 1 N–H and O–H groups in total. The molecular weight excluding hydrogens is 345 g/mol. The zero-order chi connectivity index (χ0) is 17.8. The van der Waals surface area contributed by atoms with Crippen molar-refractivity contribution in [3.63, 3.8) is 0 Å². The Morgan fingerprint density at radius 1 is 1.32 bits per heavy atom. The number of likely N-dealkylation sites (tertiary alicyclic amines) is 1. The Labute approximate surface area is 153 Å². The van der Waals surface area contributed by atoms with E-state index in [9.17, 15) is 9.18 Å². The molecular formula is C18H25ClFN3O2. The Morgan fingerprint density at radius 2 is 2.08 bits per heavy atom. The first-order chi connectivity index (χ1) is 12.0. The monoisotopic (exact) mass is 369 g/mol. The Kier molecular flexibility index (Phi) is 6.15. The molecule has 2 heterocycles. The summed E-state index contributed by atoms with van der Waals surface area (Å²) < 4.78 is 18.9. The zero-order valence-corrected chi connectivity index (χ0v) is 15.3. The molecule has 1 aromatic rings. The smallest absolute Gasteiger partial charge is 0.322 e. The highest BCUT2D eigenvalue weighted by Crippen LogP contribution is 2.27. The number of carbonyl (C=O) groups is 1. The highest BCUT2D eigenvalue weighted by atomic mass is 35.5. The van der Waals surface area contributed by atoms with Crippen molar-refractivity contribution < 1.29 is 13.9 Å². The molecule has 0 saturated carbocycles. The van der Waals surface area contributed by atoms with Crippen molar-refractivity contribution in [2.45, 2.75) is 32.2 Å². The molecule has 2 aliphatic rings. The molecule has 0 radical (unpaired) electrons. The lowest BCUT2D eigenvalue weighted by Crippen LogP contribution is -2.52. The first-order valence-corrected chi connectivity index (χ1v) is 9.26. The Hall–Kier alpha value is -1.37. The molecule has 2 fully saturated rings. The van der Waals surface area contributed by atoms with Gasteiger partial charge >= 0.3 is 6.03 Å². The second-order valence-electron chi connectivity index (χ2n) is 6.77. The normalized spacial score (nSPS) is 22.0. The number of piperidine rings is 1. The van der Waals surface area contributed by atoms with Gasteiger partial charge in [0.05, 0.1) is 23.9 Å². The molecule has 25 heavy (non-hydrogen) atoms. The van der Waals surface area contributed by atoms with Gasteiger partial charge in [0.1, 0.15) is 5.82 Å². The van der Waals surface area contributed by atoms with Crippen molar-refractivity contribution in [3.8, 4) is 0 Å². The van der Waals surface area contributed by atoms with Crippen LogP contribution < -0.4 is 5.32 Å². The van der Waals surface area contributed by atoms with Crippen LogP contribution in [-0.4, -0.2) is 61.3 Å². The van der Waals surface area contributed by atoms with E-state index in [0.29, 0.717) is 11.3 Å². The van der Waals surface area contributed by atoms with Crippen molar-refractivity contribution in [3.05, 3.63) is 28.5 Å². The fourth-order valence-corrected chi connectivity index (χ4v) is 3.68. The van der Waals surface area contributed by atoms with Crippen LogP contribution in [0.3, 0.4) is 0 Å². The summed E-state index contributed by atoms with van der Waals surface area (Å²) in [5.74, 6) is -0.369. The fraction of sp³-hybridized carbons (Fsp3) is 0.611. The van der Waals surface area contributed by atoms with E-state index in [4.69, 9.17) is 16.3 Å². The standard InChI is InChI=1S/C18H25ClFN3O2/c1-13-10-17(15(19)11-16(13)20)21-18(24)23-5-3-2-4-14(23)12-22-6-8-25-9-7-22/h10-11,14H,2-9,12H2,1H3,(H,21,24)/t14-/m1/s1. The molecule has 2 amide bonds. The molecule has 2 aliphatic heterocycles. The van der Waals surface area contributed by atoms with Gasteiger partial charge in [0.15, 0.2) is 0 Å². The minimum absolute atomic E-state index is 0.161.